The zero-order valence-corrected chi connectivity index (χ0v) is 42.4. The van der Waals surface area contributed by atoms with Crippen LogP contribution in [0.3, 0.4) is 0 Å². The predicted molar refractivity (Wildman–Crippen MR) is 300 cm³/mol. The number of ether oxygens (including phenoxy) is 2. The van der Waals surface area contributed by atoms with Gasteiger partial charge in [-0.2, -0.15) is 0 Å². The first-order valence-electron chi connectivity index (χ1n) is 26.9. The van der Waals surface area contributed by atoms with Gasteiger partial charge in [0.05, 0.1) is 33.6 Å². The first-order valence-corrected chi connectivity index (χ1v) is 24.9. The van der Waals surface area contributed by atoms with Gasteiger partial charge in [-0.15, -0.1) is 0 Å². The van der Waals surface area contributed by atoms with Gasteiger partial charge in [0.1, 0.15) is 35.5 Å². The van der Waals surface area contributed by atoms with Crippen LogP contribution in [0.2, 0.25) is 0 Å². The van der Waals surface area contributed by atoms with Gasteiger partial charge in [-0.1, -0.05) is 165 Å². The van der Waals surface area contributed by atoms with Crippen LogP contribution in [0.15, 0.2) is 188 Å². The van der Waals surface area contributed by atoms with E-state index in [2.05, 4.69) is 181 Å². The molecule has 6 nitrogen and oxygen atoms in total. The molecule has 0 N–H and O–H groups in total. The van der Waals surface area contributed by atoms with Crippen molar-refractivity contribution in [3.8, 4) is 62.2 Å². The highest BCUT2D eigenvalue weighted by molar-refractivity contribution is 6.09. The van der Waals surface area contributed by atoms with Crippen molar-refractivity contribution in [2.45, 2.75) is 78.6 Å². The summed E-state index contributed by atoms with van der Waals surface area (Å²) in [5.41, 5.74) is 14.1. The number of benzene rings is 8. The minimum atomic E-state index is -0.384. The molecular formula is C66H60N4O2. The monoisotopic (exact) mass is 944 g/mol. The fraction of sp³-hybridized carbons (Fsp3) is 0.197. The van der Waals surface area contributed by atoms with Gasteiger partial charge in [-0.25, -0.2) is 4.98 Å². The summed E-state index contributed by atoms with van der Waals surface area (Å²) >= 11 is 0. The smallest absolute Gasteiger partial charge is 0.137 e. The molecule has 0 unspecified atom stereocenters. The van der Waals surface area contributed by atoms with Crippen molar-refractivity contribution in [2.75, 3.05) is 16.5 Å². The number of fused-ring (bicyclic) bond motifs is 5. The third-order valence-electron chi connectivity index (χ3n) is 14.2. The molecule has 0 aliphatic carbocycles. The first-order chi connectivity index (χ1) is 36.2. The van der Waals surface area contributed by atoms with E-state index in [1.807, 2.05) is 59.3 Å². The van der Waals surface area contributed by atoms with E-state index in [1.54, 1.807) is 0 Å². The van der Waals surface area contributed by atoms with E-state index < -0.39 is 0 Å². The lowest BCUT2D eigenvalue weighted by Crippen LogP contribution is -2.25. The lowest BCUT2D eigenvalue weighted by molar-refractivity contribution is 0.483. The Kier molecular flexibility index (Phi) is 9.46. The fourth-order valence-electron chi connectivity index (χ4n) is 10.5. The van der Waals surface area contributed by atoms with Crippen LogP contribution >= 0.6 is 0 Å². The number of nitrogens with zero attached hydrogens (tertiary/aromatic N) is 4. The lowest BCUT2D eigenvalue weighted by Gasteiger charge is -2.30. The van der Waals surface area contributed by atoms with Gasteiger partial charge in [0, 0.05) is 57.0 Å². The Morgan fingerprint density at radius 3 is 1.90 bits per heavy atom. The van der Waals surface area contributed by atoms with Gasteiger partial charge in [0.15, 0.2) is 0 Å². The zero-order valence-electron chi connectivity index (χ0n) is 46.4. The molecule has 0 fully saturated rings. The molecule has 5 heterocycles. The second-order valence-electron chi connectivity index (χ2n) is 22.3. The SMILES string of the molecule is [2H]c1c([2H])c([2H])c2c(c1[2H])c1ccc3cc1n2-c1cc(C(C)(C)C)c(cn1)-c1cccc(c1)Oc1ccccc1-c1cccc(-c2cc(C(C)(C)C)cc(C(C)(C)C)c2)c1N1CN(c2cccc(c2)O3)c2ccccc21. The third-order valence-corrected chi connectivity index (χ3v) is 14.2. The molecule has 6 heteroatoms. The molecule has 356 valence electrons. The summed E-state index contributed by atoms with van der Waals surface area (Å²) in [6, 6.07) is 53.9. The molecular weight excluding hydrogens is 881 g/mol. The van der Waals surface area contributed by atoms with Crippen molar-refractivity contribution in [3.63, 3.8) is 0 Å². The molecule has 3 aliphatic heterocycles. The Bertz CT molecular complexity index is 3980. The second-order valence-corrected chi connectivity index (χ2v) is 22.3. The normalized spacial score (nSPS) is 14.2. The summed E-state index contributed by atoms with van der Waals surface area (Å²) in [5, 5.41) is 1.08. The average molecular weight is 945 g/mol. The number of aromatic nitrogens is 2. The van der Waals surface area contributed by atoms with Crippen LogP contribution in [-0.2, 0) is 16.2 Å². The van der Waals surface area contributed by atoms with Crippen molar-refractivity contribution in [2.24, 2.45) is 0 Å². The van der Waals surface area contributed by atoms with Gasteiger partial charge in [0.25, 0.3) is 0 Å². The summed E-state index contributed by atoms with van der Waals surface area (Å²) in [7, 11) is 0. The average Bonchev–Trinajstić information content (AvgIpc) is 3.95. The quantitative estimate of drug-likeness (QED) is 0.164. The molecule has 10 bridgehead atoms. The second kappa shape index (κ2) is 16.8. The van der Waals surface area contributed by atoms with E-state index in [-0.39, 0.29) is 40.4 Å². The molecule has 0 radical (unpaired) electrons. The van der Waals surface area contributed by atoms with Gasteiger partial charge < -0.3 is 19.3 Å². The van der Waals surface area contributed by atoms with Gasteiger partial charge >= 0.3 is 0 Å². The summed E-state index contributed by atoms with van der Waals surface area (Å²) in [6.07, 6.45) is 1.88. The molecule has 0 saturated heterocycles. The number of anilines is 4. The van der Waals surface area contributed by atoms with Crippen LogP contribution in [0.25, 0.3) is 61.0 Å². The molecule has 0 saturated carbocycles. The van der Waals surface area contributed by atoms with E-state index in [4.69, 9.17) is 17.2 Å². The highest BCUT2D eigenvalue weighted by Gasteiger charge is 2.33. The van der Waals surface area contributed by atoms with E-state index in [0.717, 1.165) is 61.7 Å². The van der Waals surface area contributed by atoms with Crippen LogP contribution in [0, 0.1) is 0 Å². The van der Waals surface area contributed by atoms with Crippen molar-refractivity contribution in [1.82, 2.24) is 9.55 Å². The topological polar surface area (TPSA) is 42.8 Å². The Balaban J connectivity index is 1.13. The number of hydrogen-bond donors (Lipinski definition) is 0. The van der Waals surface area contributed by atoms with E-state index in [9.17, 15) is 2.74 Å². The molecule has 0 amide bonds. The maximum absolute atomic E-state index is 9.31. The Morgan fingerprint density at radius 1 is 0.486 bits per heavy atom. The van der Waals surface area contributed by atoms with Crippen LogP contribution in [-0.4, -0.2) is 16.2 Å². The maximum Gasteiger partial charge on any atom is 0.137 e. The number of rotatable bonds is 1. The Labute approximate surface area is 429 Å². The van der Waals surface area contributed by atoms with Crippen LogP contribution in [0.1, 0.15) is 84.5 Å². The first kappa shape index (κ1) is 40.6. The van der Waals surface area contributed by atoms with Crippen molar-refractivity contribution < 1.29 is 15.0 Å². The van der Waals surface area contributed by atoms with Crippen LogP contribution in [0.4, 0.5) is 22.7 Å². The molecule has 72 heavy (non-hydrogen) atoms. The zero-order chi connectivity index (χ0) is 53.2. The summed E-state index contributed by atoms with van der Waals surface area (Å²) in [6.45, 7) is 20.7. The van der Waals surface area contributed by atoms with E-state index in [0.29, 0.717) is 57.3 Å². The highest BCUT2D eigenvalue weighted by atomic mass is 16.5. The van der Waals surface area contributed by atoms with E-state index >= 15 is 0 Å². The Morgan fingerprint density at radius 2 is 1.14 bits per heavy atom. The predicted octanol–water partition coefficient (Wildman–Crippen LogP) is 18.2. The lowest BCUT2D eigenvalue weighted by atomic mass is 9.78. The highest BCUT2D eigenvalue weighted by Crippen LogP contribution is 2.53. The van der Waals surface area contributed by atoms with Crippen molar-refractivity contribution >= 4 is 44.6 Å². The number of pyridine rings is 1. The minimum absolute atomic E-state index is 0.101. The van der Waals surface area contributed by atoms with Crippen LogP contribution < -0.4 is 19.3 Å². The standard InChI is InChI=1S/C66H60N4O2/c1-64(2,3)44-33-43(34-45(36-44)65(4,5)6)50-25-18-26-54-53-24-11-15-30-61(53)72-47-21-16-19-42(35-47)55-40-67-62(39-56(55)66(7,8)9)70-57-27-12-10-23-51(57)52-32-31-49(38-60(52)70)71-48-22-17-20-46(37-48)68-41-69(63(50)54)59-29-14-13-28-58(59)68/h10-40H,41H2,1-9H3/i10D,12D,23D,27D. The maximum atomic E-state index is 9.31. The van der Waals surface area contributed by atoms with Crippen molar-refractivity contribution in [1.29, 1.82) is 0 Å². The molecule has 3 aliphatic rings. The number of hydrogen-bond acceptors (Lipinski definition) is 5. The largest absolute Gasteiger partial charge is 0.457 e. The fourth-order valence-corrected chi connectivity index (χ4v) is 10.5. The molecule has 10 aromatic rings. The molecule has 13 rings (SSSR count). The summed E-state index contributed by atoms with van der Waals surface area (Å²) in [5.74, 6) is 3.07. The third kappa shape index (κ3) is 7.86. The molecule has 8 aromatic carbocycles. The summed E-state index contributed by atoms with van der Waals surface area (Å²) in [4.78, 5) is 9.93. The number of para-hydroxylation sites is 5. The Hall–Kier alpha value is -8.09. The molecule has 0 spiro atoms. The van der Waals surface area contributed by atoms with Gasteiger partial charge in [-0.05, 0) is 111 Å². The minimum Gasteiger partial charge on any atom is -0.457 e. The van der Waals surface area contributed by atoms with Gasteiger partial charge in [0.2, 0.25) is 0 Å². The summed E-state index contributed by atoms with van der Waals surface area (Å²) < 4.78 is 51.8. The van der Waals surface area contributed by atoms with Crippen LogP contribution in [0.5, 0.6) is 23.0 Å². The van der Waals surface area contributed by atoms with Crippen molar-refractivity contribution in [3.05, 3.63) is 205 Å². The van der Waals surface area contributed by atoms with Gasteiger partial charge in [-0.3, -0.25) is 4.57 Å². The molecule has 0 atom stereocenters. The van der Waals surface area contributed by atoms with E-state index in [1.165, 1.54) is 11.1 Å². The molecule has 2 aromatic heterocycles.